The number of rotatable bonds is 9. The molecule has 0 aromatic heterocycles. The Bertz CT molecular complexity index is 893. The molecule has 0 spiro atoms. The van der Waals surface area contributed by atoms with Gasteiger partial charge in [-0.3, -0.25) is 9.52 Å². The average molecular weight is 405 g/mol. The van der Waals surface area contributed by atoms with Gasteiger partial charge < -0.3 is 10.1 Å². The van der Waals surface area contributed by atoms with Crippen molar-refractivity contribution in [2.75, 3.05) is 10.5 Å². The molecule has 0 fully saturated rings. The fourth-order valence-corrected chi connectivity index (χ4v) is 3.82. The van der Waals surface area contributed by atoms with Gasteiger partial charge in [-0.25, -0.2) is 8.42 Å². The van der Waals surface area contributed by atoms with Crippen LogP contribution in [0.25, 0.3) is 0 Å². The first-order chi connectivity index (χ1) is 13.2. The Labute approximate surface area is 167 Å². The number of nitrogens with one attached hydrogen (secondary N) is 2. The van der Waals surface area contributed by atoms with E-state index in [1.54, 1.807) is 25.1 Å². The van der Waals surface area contributed by atoms with Crippen molar-refractivity contribution in [2.45, 2.75) is 46.3 Å². The average Bonchev–Trinajstić information content (AvgIpc) is 2.61. The SMILES string of the molecule is CCCS(=O)(=O)Nc1cccc(C(=O)NC(C)c2ccc(OC(C)C)cc2)c1. The van der Waals surface area contributed by atoms with E-state index in [9.17, 15) is 13.2 Å². The second kappa shape index (κ2) is 9.59. The van der Waals surface area contributed by atoms with E-state index in [0.29, 0.717) is 17.7 Å². The van der Waals surface area contributed by atoms with Gasteiger partial charge in [0, 0.05) is 11.3 Å². The van der Waals surface area contributed by atoms with Crippen molar-refractivity contribution in [1.29, 1.82) is 0 Å². The molecular formula is C21H28N2O4S. The summed E-state index contributed by atoms with van der Waals surface area (Å²) in [4.78, 5) is 12.6. The highest BCUT2D eigenvalue weighted by Crippen LogP contribution is 2.20. The zero-order valence-electron chi connectivity index (χ0n) is 16.7. The molecule has 0 saturated heterocycles. The van der Waals surface area contributed by atoms with Crippen LogP contribution in [-0.2, 0) is 10.0 Å². The number of carbonyl (C=O) groups excluding carboxylic acids is 1. The van der Waals surface area contributed by atoms with Gasteiger partial charge in [0.1, 0.15) is 5.75 Å². The van der Waals surface area contributed by atoms with Crippen molar-refractivity contribution >= 4 is 21.6 Å². The lowest BCUT2D eigenvalue weighted by molar-refractivity contribution is 0.0940. The normalized spacial score (nSPS) is 12.5. The summed E-state index contributed by atoms with van der Waals surface area (Å²) < 4.78 is 32.0. The third-order valence-electron chi connectivity index (χ3n) is 3.97. The fraction of sp³-hybridized carbons (Fsp3) is 0.381. The smallest absolute Gasteiger partial charge is 0.251 e. The largest absolute Gasteiger partial charge is 0.491 e. The molecule has 6 nitrogen and oxygen atoms in total. The maximum absolute atomic E-state index is 12.6. The molecule has 0 bridgehead atoms. The van der Waals surface area contributed by atoms with Crippen molar-refractivity contribution < 1.29 is 17.9 Å². The van der Waals surface area contributed by atoms with Crippen LogP contribution in [0.3, 0.4) is 0 Å². The molecule has 0 aliphatic carbocycles. The van der Waals surface area contributed by atoms with Crippen LogP contribution in [0.4, 0.5) is 5.69 Å². The van der Waals surface area contributed by atoms with Crippen molar-refractivity contribution in [2.24, 2.45) is 0 Å². The Hall–Kier alpha value is -2.54. The Kier molecular flexibility index (Phi) is 7.45. The Morgan fingerprint density at radius 2 is 1.75 bits per heavy atom. The summed E-state index contributed by atoms with van der Waals surface area (Å²) in [5.74, 6) is 0.549. The van der Waals surface area contributed by atoms with Gasteiger partial charge in [-0.2, -0.15) is 0 Å². The van der Waals surface area contributed by atoms with Gasteiger partial charge in [-0.05, 0) is 63.1 Å². The number of ether oxygens (including phenoxy) is 1. The molecule has 1 amide bonds. The van der Waals surface area contributed by atoms with Gasteiger partial charge in [-0.15, -0.1) is 0 Å². The van der Waals surface area contributed by atoms with Crippen molar-refractivity contribution in [3.05, 3.63) is 59.7 Å². The van der Waals surface area contributed by atoms with E-state index in [2.05, 4.69) is 10.0 Å². The summed E-state index contributed by atoms with van der Waals surface area (Å²) in [5.41, 5.74) is 1.72. The number of carbonyl (C=O) groups is 1. The van der Waals surface area contributed by atoms with Crippen molar-refractivity contribution in [1.82, 2.24) is 5.32 Å². The van der Waals surface area contributed by atoms with Gasteiger partial charge >= 0.3 is 0 Å². The van der Waals surface area contributed by atoms with Crippen LogP contribution in [0, 0.1) is 0 Å². The molecule has 28 heavy (non-hydrogen) atoms. The maximum Gasteiger partial charge on any atom is 0.251 e. The summed E-state index contributed by atoms with van der Waals surface area (Å²) in [5, 5.41) is 2.93. The first-order valence-electron chi connectivity index (χ1n) is 9.38. The van der Waals surface area contributed by atoms with Crippen LogP contribution in [-0.4, -0.2) is 26.2 Å². The summed E-state index contributed by atoms with van der Waals surface area (Å²) in [6.45, 7) is 7.62. The standard InChI is InChI=1S/C21H28N2O4S/c1-5-13-28(25,26)23-19-8-6-7-18(14-19)21(24)22-16(4)17-9-11-20(12-10-17)27-15(2)3/h6-12,14-16,23H,5,13H2,1-4H3,(H,22,24). The van der Waals surface area contributed by atoms with E-state index in [-0.39, 0.29) is 23.8 Å². The lowest BCUT2D eigenvalue weighted by Crippen LogP contribution is -2.26. The minimum Gasteiger partial charge on any atom is -0.491 e. The first-order valence-corrected chi connectivity index (χ1v) is 11.0. The number of anilines is 1. The molecule has 0 saturated carbocycles. The second-order valence-corrected chi connectivity index (χ2v) is 8.77. The molecule has 1 unspecified atom stereocenters. The van der Waals surface area contributed by atoms with Crippen LogP contribution >= 0.6 is 0 Å². The molecular weight excluding hydrogens is 376 g/mol. The molecule has 2 rings (SSSR count). The summed E-state index contributed by atoms with van der Waals surface area (Å²) in [6.07, 6.45) is 0.624. The minimum atomic E-state index is -3.40. The molecule has 0 radical (unpaired) electrons. The predicted octanol–water partition coefficient (Wildman–Crippen LogP) is 4.12. The Morgan fingerprint density at radius 3 is 2.36 bits per heavy atom. The molecule has 0 heterocycles. The molecule has 7 heteroatoms. The van der Waals surface area contributed by atoms with Crippen molar-refractivity contribution in [3.63, 3.8) is 0 Å². The van der Waals surface area contributed by atoms with E-state index in [0.717, 1.165) is 11.3 Å². The number of hydrogen-bond donors (Lipinski definition) is 2. The van der Waals surface area contributed by atoms with Crippen LogP contribution in [0.1, 0.15) is 56.1 Å². The number of benzene rings is 2. The first kappa shape index (κ1) is 21.8. The zero-order valence-corrected chi connectivity index (χ0v) is 17.5. The molecule has 1 atom stereocenters. The molecule has 2 aromatic carbocycles. The monoisotopic (exact) mass is 404 g/mol. The summed E-state index contributed by atoms with van der Waals surface area (Å²) in [6, 6.07) is 13.8. The maximum atomic E-state index is 12.6. The number of sulfonamides is 1. The van der Waals surface area contributed by atoms with E-state index in [1.165, 1.54) is 6.07 Å². The molecule has 0 aliphatic rings. The minimum absolute atomic E-state index is 0.0387. The van der Waals surface area contributed by atoms with Gasteiger partial charge in [0.05, 0.1) is 17.9 Å². The predicted molar refractivity (Wildman–Crippen MR) is 112 cm³/mol. The van der Waals surface area contributed by atoms with E-state index in [1.807, 2.05) is 45.0 Å². The third kappa shape index (κ3) is 6.56. The molecule has 152 valence electrons. The molecule has 0 aliphatic heterocycles. The van der Waals surface area contributed by atoms with Crippen LogP contribution in [0.2, 0.25) is 0 Å². The van der Waals surface area contributed by atoms with Gasteiger partial charge in [0.25, 0.3) is 5.91 Å². The van der Waals surface area contributed by atoms with Gasteiger partial charge in [0.15, 0.2) is 0 Å². The van der Waals surface area contributed by atoms with E-state index in [4.69, 9.17) is 4.74 Å². The lowest BCUT2D eigenvalue weighted by atomic mass is 10.1. The van der Waals surface area contributed by atoms with E-state index < -0.39 is 10.0 Å². The zero-order chi connectivity index (χ0) is 20.7. The van der Waals surface area contributed by atoms with Crippen LogP contribution in [0.5, 0.6) is 5.75 Å². The highest BCUT2D eigenvalue weighted by atomic mass is 32.2. The third-order valence-corrected chi connectivity index (χ3v) is 5.46. The van der Waals surface area contributed by atoms with E-state index >= 15 is 0 Å². The summed E-state index contributed by atoms with van der Waals surface area (Å²) in [7, 11) is -3.40. The topological polar surface area (TPSA) is 84.5 Å². The molecule has 2 aromatic rings. The van der Waals surface area contributed by atoms with Gasteiger partial charge in [0.2, 0.25) is 10.0 Å². The number of amides is 1. The van der Waals surface area contributed by atoms with Crippen LogP contribution in [0.15, 0.2) is 48.5 Å². The summed E-state index contributed by atoms with van der Waals surface area (Å²) >= 11 is 0. The lowest BCUT2D eigenvalue weighted by Gasteiger charge is -2.16. The highest BCUT2D eigenvalue weighted by molar-refractivity contribution is 7.92. The second-order valence-electron chi connectivity index (χ2n) is 6.93. The Balaban J connectivity index is 2.05. The highest BCUT2D eigenvalue weighted by Gasteiger charge is 2.14. The fourth-order valence-electron chi connectivity index (χ4n) is 2.69. The van der Waals surface area contributed by atoms with Crippen molar-refractivity contribution in [3.8, 4) is 5.75 Å². The van der Waals surface area contributed by atoms with Crippen LogP contribution < -0.4 is 14.8 Å². The number of hydrogen-bond acceptors (Lipinski definition) is 4. The van der Waals surface area contributed by atoms with Gasteiger partial charge in [-0.1, -0.05) is 25.1 Å². The quantitative estimate of drug-likeness (QED) is 0.658. The molecule has 2 N–H and O–H groups in total. The Morgan fingerprint density at radius 1 is 1.07 bits per heavy atom.